The van der Waals surface area contributed by atoms with Gasteiger partial charge < -0.3 is 9.47 Å². The van der Waals surface area contributed by atoms with Gasteiger partial charge in [-0.2, -0.15) is 0 Å². The van der Waals surface area contributed by atoms with Crippen molar-refractivity contribution in [2.24, 2.45) is 0 Å². The van der Waals surface area contributed by atoms with Crippen molar-refractivity contribution in [3.05, 3.63) is 39.9 Å². The number of fused-ring (bicyclic) bond motifs is 1. The minimum absolute atomic E-state index is 0.202. The van der Waals surface area contributed by atoms with Gasteiger partial charge in [-0.1, -0.05) is 28.1 Å². The first-order valence-corrected chi connectivity index (χ1v) is 5.56. The molecule has 0 fully saturated rings. The Balaban J connectivity index is 2.66. The molecule has 84 valence electrons. The first-order chi connectivity index (χ1) is 7.64. The lowest BCUT2D eigenvalue weighted by Gasteiger charge is -2.32. The molecule has 3 nitrogen and oxygen atoms in total. The molecule has 0 aliphatic heterocycles. The third kappa shape index (κ3) is 1.54. The summed E-state index contributed by atoms with van der Waals surface area (Å²) in [5.41, 5.74) is 1.64. The van der Waals surface area contributed by atoms with Crippen molar-refractivity contribution < 1.29 is 14.3 Å². The zero-order valence-corrected chi connectivity index (χ0v) is 10.6. The highest BCUT2D eigenvalue weighted by Gasteiger charge is 2.42. The molecular formula is C12H11BrO3. The molecule has 0 bridgehead atoms. The largest absolute Gasteiger partial charge is 0.343 e. The first kappa shape index (κ1) is 11.5. The highest BCUT2D eigenvalue weighted by molar-refractivity contribution is 9.10. The van der Waals surface area contributed by atoms with Crippen LogP contribution in [0.2, 0.25) is 0 Å². The van der Waals surface area contributed by atoms with Crippen molar-refractivity contribution in [3.63, 3.8) is 0 Å². The van der Waals surface area contributed by atoms with E-state index in [0.717, 1.165) is 15.6 Å². The van der Waals surface area contributed by atoms with Crippen LogP contribution in [0.3, 0.4) is 0 Å². The van der Waals surface area contributed by atoms with Crippen LogP contribution in [0.1, 0.15) is 11.1 Å². The minimum atomic E-state index is -1.30. The smallest absolute Gasteiger partial charge is 0.260 e. The van der Waals surface area contributed by atoms with Gasteiger partial charge in [-0.05, 0) is 23.8 Å². The number of benzene rings is 1. The zero-order chi connectivity index (χ0) is 11.8. The van der Waals surface area contributed by atoms with Crippen LogP contribution in [0.25, 0.3) is 6.08 Å². The monoisotopic (exact) mass is 282 g/mol. The molecule has 1 aromatic rings. The Bertz CT molecular complexity index is 461. The van der Waals surface area contributed by atoms with Crippen LogP contribution < -0.4 is 0 Å². The third-order valence-corrected chi connectivity index (χ3v) is 3.18. The van der Waals surface area contributed by atoms with Crippen molar-refractivity contribution in [1.82, 2.24) is 0 Å². The van der Waals surface area contributed by atoms with E-state index in [1.165, 1.54) is 20.3 Å². The molecule has 16 heavy (non-hydrogen) atoms. The molecule has 4 heteroatoms. The fourth-order valence-corrected chi connectivity index (χ4v) is 2.26. The Morgan fingerprint density at radius 3 is 2.50 bits per heavy atom. The third-order valence-electron chi connectivity index (χ3n) is 2.68. The fourth-order valence-electron chi connectivity index (χ4n) is 1.88. The molecular weight excluding hydrogens is 272 g/mol. The van der Waals surface area contributed by atoms with Gasteiger partial charge >= 0.3 is 0 Å². The van der Waals surface area contributed by atoms with E-state index >= 15 is 0 Å². The fraction of sp³-hybridized carbons (Fsp3) is 0.250. The number of ether oxygens (including phenoxy) is 2. The summed E-state index contributed by atoms with van der Waals surface area (Å²) in [6.07, 6.45) is 3.24. The van der Waals surface area contributed by atoms with Crippen LogP contribution in [-0.4, -0.2) is 20.0 Å². The summed E-state index contributed by atoms with van der Waals surface area (Å²) in [4.78, 5) is 11.9. The average molecular weight is 283 g/mol. The van der Waals surface area contributed by atoms with Crippen molar-refractivity contribution in [2.45, 2.75) is 5.79 Å². The van der Waals surface area contributed by atoms with E-state index in [0.29, 0.717) is 0 Å². The molecule has 0 aromatic heterocycles. The summed E-state index contributed by atoms with van der Waals surface area (Å²) in [6, 6.07) is 5.61. The maximum Gasteiger partial charge on any atom is 0.260 e. The summed E-state index contributed by atoms with van der Waals surface area (Å²) in [5, 5.41) is 0. The predicted molar refractivity (Wildman–Crippen MR) is 63.9 cm³/mol. The Morgan fingerprint density at radius 2 is 1.88 bits per heavy atom. The second-order valence-electron chi connectivity index (χ2n) is 3.45. The average Bonchev–Trinajstić information content (AvgIpc) is 2.30. The molecule has 0 N–H and O–H groups in total. The van der Waals surface area contributed by atoms with Gasteiger partial charge in [0.05, 0.1) is 0 Å². The van der Waals surface area contributed by atoms with Gasteiger partial charge in [0.15, 0.2) is 0 Å². The van der Waals surface area contributed by atoms with Crippen molar-refractivity contribution >= 4 is 27.8 Å². The van der Waals surface area contributed by atoms with E-state index in [9.17, 15) is 4.79 Å². The SMILES string of the molecule is COC1(OC)C(=O)C=Cc2cc(Br)ccc21. The van der Waals surface area contributed by atoms with Gasteiger partial charge in [0.2, 0.25) is 5.78 Å². The first-order valence-electron chi connectivity index (χ1n) is 4.77. The van der Waals surface area contributed by atoms with E-state index in [-0.39, 0.29) is 5.78 Å². The van der Waals surface area contributed by atoms with Crippen molar-refractivity contribution in [1.29, 1.82) is 0 Å². The number of carbonyl (C=O) groups excluding carboxylic acids is 1. The van der Waals surface area contributed by atoms with Crippen LogP contribution in [0, 0.1) is 0 Å². The molecule has 1 aromatic carbocycles. The van der Waals surface area contributed by atoms with Gasteiger partial charge in [0.1, 0.15) is 0 Å². The van der Waals surface area contributed by atoms with Gasteiger partial charge in [0.25, 0.3) is 5.79 Å². The van der Waals surface area contributed by atoms with Crippen LogP contribution in [0.4, 0.5) is 0 Å². The molecule has 0 amide bonds. The molecule has 0 heterocycles. The lowest BCUT2D eigenvalue weighted by molar-refractivity contribution is -0.209. The second kappa shape index (κ2) is 4.13. The standard InChI is InChI=1S/C12H11BrO3/c1-15-12(16-2)10-5-4-9(13)7-8(10)3-6-11(12)14/h3-7H,1-2H3. The Labute approximate surface area is 102 Å². The normalized spacial score (nSPS) is 17.3. The van der Waals surface area contributed by atoms with E-state index in [4.69, 9.17) is 9.47 Å². The van der Waals surface area contributed by atoms with Crippen molar-refractivity contribution in [3.8, 4) is 0 Å². The lowest BCUT2D eigenvalue weighted by Crippen LogP contribution is -2.40. The number of hydrogen-bond acceptors (Lipinski definition) is 3. The number of hydrogen-bond donors (Lipinski definition) is 0. The molecule has 0 unspecified atom stereocenters. The topological polar surface area (TPSA) is 35.5 Å². The molecule has 1 aliphatic rings. The summed E-state index contributed by atoms with van der Waals surface area (Å²) in [7, 11) is 2.93. The molecule has 0 spiro atoms. The van der Waals surface area contributed by atoms with E-state index in [2.05, 4.69) is 15.9 Å². The maximum absolute atomic E-state index is 11.9. The summed E-state index contributed by atoms with van der Waals surface area (Å²) < 4.78 is 11.5. The Morgan fingerprint density at radius 1 is 1.19 bits per heavy atom. The Hall–Kier alpha value is -0.970. The number of ketones is 1. The Kier molecular flexibility index (Phi) is 2.97. The lowest BCUT2D eigenvalue weighted by atomic mass is 9.90. The number of rotatable bonds is 2. The highest BCUT2D eigenvalue weighted by atomic mass is 79.9. The van der Waals surface area contributed by atoms with Gasteiger partial charge in [-0.15, -0.1) is 0 Å². The highest BCUT2D eigenvalue weighted by Crippen LogP contribution is 2.35. The van der Waals surface area contributed by atoms with E-state index in [1.807, 2.05) is 18.2 Å². The molecule has 0 saturated carbocycles. The zero-order valence-electron chi connectivity index (χ0n) is 8.99. The maximum atomic E-state index is 11.9. The van der Waals surface area contributed by atoms with Gasteiger partial charge in [0, 0.05) is 24.3 Å². The summed E-state index contributed by atoms with van der Waals surface area (Å²) in [5.74, 6) is -1.50. The number of halogens is 1. The quantitative estimate of drug-likeness (QED) is 0.782. The summed E-state index contributed by atoms with van der Waals surface area (Å²) in [6.45, 7) is 0. The van der Waals surface area contributed by atoms with Crippen LogP contribution in [0.15, 0.2) is 28.7 Å². The summed E-state index contributed by atoms with van der Waals surface area (Å²) >= 11 is 3.39. The van der Waals surface area contributed by atoms with Crippen LogP contribution in [-0.2, 0) is 20.1 Å². The minimum Gasteiger partial charge on any atom is -0.343 e. The molecule has 0 radical (unpaired) electrons. The van der Waals surface area contributed by atoms with Crippen LogP contribution >= 0.6 is 15.9 Å². The van der Waals surface area contributed by atoms with Gasteiger partial charge in [-0.25, -0.2) is 0 Å². The van der Waals surface area contributed by atoms with Gasteiger partial charge in [-0.3, -0.25) is 4.79 Å². The number of methoxy groups -OCH3 is 2. The van der Waals surface area contributed by atoms with Crippen molar-refractivity contribution in [2.75, 3.05) is 14.2 Å². The molecule has 1 aliphatic carbocycles. The predicted octanol–water partition coefficient (Wildman–Crippen LogP) is 2.49. The second-order valence-corrected chi connectivity index (χ2v) is 4.37. The molecule has 0 saturated heterocycles. The molecule has 0 atom stereocenters. The van der Waals surface area contributed by atoms with E-state index in [1.54, 1.807) is 6.08 Å². The number of carbonyl (C=O) groups is 1. The van der Waals surface area contributed by atoms with Crippen LogP contribution in [0.5, 0.6) is 0 Å². The van der Waals surface area contributed by atoms with E-state index < -0.39 is 5.79 Å². The molecule has 2 rings (SSSR count).